The molecule has 1 aromatic carbocycles. The van der Waals surface area contributed by atoms with E-state index in [-0.39, 0.29) is 17.9 Å². The summed E-state index contributed by atoms with van der Waals surface area (Å²) in [6.07, 6.45) is 2.48. The van der Waals surface area contributed by atoms with Crippen LogP contribution in [0.4, 0.5) is 0 Å². The average molecular weight is 404 g/mol. The molecule has 1 amide bonds. The summed E-state index contributed by atoms with van der Waals surface area (Å²) >= 11 is 1.77. The van der Waals surface area contributed by atoms with E-state index in [1.807, 2.05) is 29.2 Å². The topological polar surface area (TPSA) is 59.2 Å². The van der Waals surface area contributed by atoms with Gasteiger partial charge in [0.1, 0.15) is 0 Å². The van der Waals surface area contributed by atoms with Gasteiger partial charge in [-0.1, -0.05) is 49.3 Å². The number of pyridine rings is 1. The fourth-order valence-electron chi connectivity index (χ4n) is 4.08. The van der Waals surface area contributed by atoms with E-state index in [2.05, 4.69) is 47.6 Å². The highest BCUT2D eigenvalue weighted by molar-refractivity contribution is 7.10. The van der Waals surface area contributed by atoms with E-state index in [1.165, 1.54) is 10.4 Å². The average Bonchev–Trinajstić information content (AvgIpc) is 3.39. The van der Waals surface area contributed by atoms with Crippen molar-refractivity contribution in [1.29, 1.82) is 0 Å². The molecule has 1 aliphatic rings. The van der Waals surface area contributed by atoms with Crippen molar-refractivity contribution >= 4 is 28.3 Å². The Kier molecular flexibility index (Phi) is 4.43. The molecule has 29 heavy (non-hydrogen) atoms. The van der Waals surface area contributed by atoms with Gasteiger partial charge in [0.05, 0.1) is 22.7 Å². The standard InChI is InChI=1S/C23H21N3O2S/c1-14(2)20-18-12-16(13-24-22(18)28-25-20)23(27)26-10-8-19-17(9-11-29-19)21(26)15-6-4-3-5-7-15/h3-7,9,11-14,21H,8,10H2,1-2H3. The number of thiophene rings is 1. The van der Waals surface area contributed by atoms with E-state index >= 15 is 0 Å². The van der Waals surface area contributed by atoms with Gasteiger partial charge in [-0.2, -0.15) is 0 Å². The van der Waals surface area contributed by atoms with Gasteiger partial charge in [0.25, 0.3) is 11.6 Å². The van der Waals surface area contributed by atoms with Crippen molar-refractivity contribution in [2.75, 3.05) is 6.54 Å². The second-order valence-corrected chi connectivity index (χ2v) is 8.66. The molecule has 4 aromatic rings. The number of carbonyl (C=O) groups excluding carboxylic acids is 1. The summed E-state index contributed by atoms with van der Waals surface area (Å²) in [5.74, 6) is 0.185. The van der Waals surface area contributed by atoms with E-state index < -0.39 is 0 Å². The minimum atomic E-state index is -0.0820. The van der Waals surface area contributed by atoms with Gasteiger partial charge in [0.2, 0.25) is 0 Å². The number of fused-ring (bicyclic) bond motifs is 2. The smallest absolute Gasteiger partial charge is 0.257 e. The zero-order valence-corrected chi connectivity index (χ0v) is 17.1. The van der Waals surface area contributed by atoms with Crippen LogP contribution in [0, 0.1) is 0 Å². The summed E-state index contributed by atoms with van der Waals surface area (Å²) in [6, 6.07) is 14.2. The lowest BCUT2D eigenvalue weighted by atomic mass is 9.92. The third-order valence-corrected chi connectivity index (χ3v) is 6.49. The highest BCUT2D eigenvalue weighted by atomic mass is 32.1. The molecule has 0 fully saturated rings. The van der Waals surface area contributed by atoms with Gasteiger partial charge >= 0.3 is 0 Å². The number of aromatic nitrogens is 2. The molecule has 3 aromatic heterocycles. The molecule has 4 heterocycles. The second kappa shape index (κ2) is 7.12. The first-order chi connectivity index (χ1) is 14.1. The maximum atomic E-state index is 13.6. The zero-order valence-electron chi connectivity index (χ0n) is 16.3. The molecule has 0 bridgehead atoms. The Hall–Kier alpha value is -2.99. The zero-order chi connectivity index (χ0) is 20.0. The van der Waals surface area contributed by atoms with Gasteiger partial charge < -0.3 is 9.42 Å². The van der Waals surface area contributed by atoms with Crippen molar-refractivity contribution < 1.29 is 9.32 Å². The van der Waals surface area contributed by atoms with Crippen LogP contribution in [0.1, 0.15) is 57.9 Å². The fraction of sp³-hybridized carbons (Fsp3) is 0.261. The van der Waals surface area contributed by atoms with Gasteiger partial charge in [-0.15, -0.1) is 11.3 Å². The molecule has 0 N–H and O–H groups in total. The largest absolute Gasteiger partial charge is 0.336 e. The normalized spacial score (nSPS) is 16.4. The monoisotopic (exact) mass is 403 g/mol. The molecule has 1 atom stereocenters. The molecular weight excluding hydrogens is 382 g/mol. The molecule has 5 rings (SSSR count). The maximum Gasteiger partial charge on any atom is 0.257 e. The Morgan fingerprint density at radius 2 is 2.07 bits per heavy atom. The van der Waals surface area contributed by atoms with Crippen molar-refractivity contribution in [3.05, 3.63) is 81.3 Å². The Labute approximate surface area is 173 Å². The van der Waals surface area contributed by atoms with Crippen LogP contribution in [-0.4, -0.2) is 27.5 Å². The summed E-state index contributed by atoms with van der Waals surface area (Å²) in [5.41, 5.74) is 4.23. The van der Waals surface area contributed by atoms with E-state index in [0.717, 1.165) is 23.1 Å². The molecule has 0 saturated heterocycles. The quantitative estimate of drug-likeness (QED) is 0.472. The number of rotatable bonds is 3. The van der Waals surface area contributed by atoms with E-state index in [1.54, 1.807) is 17.5 Å². The summed E-state index contributed by atoms with van der Waals surface area (Å²) in [7, 11) is 0. The van der Waals surface area contributed by atoms with Gasteiger partial charge in [0.15, 0.2) is 0 Å². The summed E-state index contributed by atoms with van der Waals surface area (Å²) in [6.45, 7) is 4.80. The van der Waals surface area contributed by atoms with Crippen LogP contribution in [0.15, 0.2) is 58.6 Å². The minimum absolute atomic E-state index is 0.0130. The van der Waals surface area contributed by atoms with Gasteiger partial charge in [-0.3, -0.25) is 4.79 Å². The third-order valence-electron chi connectivity index (χ3n) is 5.49. The lowest BCUT2D eigenvalue weighted by Crippen LogP contribution is -2.40. The lowest BCUT2D eigenvalue weighted by molar-refractivity contribution is 0.0696. The molecule has 0 aliphatic carbocycles. The molecule has 146 valence electrons. The van der Waals surface area contributed by atoms with E-state index in [0.29, 0.717) is 17.8 Å². The van der Waals surface area contributed by atoms with Gasteiger partial charge in [-0.25, -0.2) is 4.98 Å². The van der Waals surface area contributed by atoms with Crippen LogP contribution in [0.5, 0.6) is 0 Å². The minimum Gasteiger partial charge on any atom is -0.336 e. The lowest BCUT2D eigenvalue weighted by Gasteiger charge is -2.36. The number of amides is 1. The van der Waals surface area contributed by atoms with Crippen LogP contribution in [0.3, 0.4) is 0 Å². The highest BCUT2D eigenvalue weighted by Gasteiger charge is 2.33. The van der Waals surface area contributed by atoms with Crippen molar-refractivity contribution in [2.45, 2.75) is 32.2 Å². The van der Waals surface area contributed by atoms with Crippen molar-refractivity contribution in [3.63, 3.8) is 0 Å². The molecule has 0 spiro atoms. The summed E-state index contributed by atoms with van der Waals surface area (Å²) in [4.78, 5) is 21.3. The van der Waals surface area contributed by atoms with Crippen LogP contribution in [0.25, 0.3) is 11.1 Å². The van der Waals surface area contributed by atoms with E-state index in [4.69, 9.17) is 4.52 Å². The Morgan fingerprint density at radius 3 is 2.86 bits per heavy atom. The van der Waals surface area contributed by atoms with Crippen molar-refractivity contribution in [2.24, 2.45) is 0 Å². The number of benzene rings is 1. The first kappa shape index (κ1) is 18.1. The number of hydrogen-bond acceptors (Lipinski definition) is 5. The van der Waals surface area contributed by atoms with E-state index in [9.17, 15) is 4.79 Å². The first-order valence-corrected chi connectivity index (χ1v) is 10.7. The molecule has 0 saturated carbocycles. The molecular formula is C23H21N3O2S. The summed E-state index contributed by atoms with van der Waals surface area (Å²) in [5, 5.41) is 7.07. The first-order valence-electron chi connectivity index (χ1n) is 9.81. The van der Waals surface area contributed by atoms with Crippen LogP contribution < -0.4 is 0 Å². The summed E-state index contributed by atoms with van der Waals surface area (Å²) < 4.78 is 5.33. The van der Waals surface area contributed by atoms with Crippen LogP contribution >= 0.6 is 11.3 Å². The molecule has 1 aliphatic heterocycles. The Balaban J connectivity index is 1.58. The third kappa shape index (κ3) is 3.04. The Morgan fingerprint density at radius 1 is 1.24 bits per heavy atom. The molecule has 6 heteroatoms. The number of carbonyl (C=O) groups is 1. The van der Waals surface area contributed by atoms with Gasteiger partial charge in [0, 0.05) is 17.6 Å². The number of hydrogen-bond donors (Lipinski definition) is 0. The van der Waals surface area contributed by atoms with Crippen LogP contribution in [0.2, 0.25) is 0 Å². The van der Waals surface area contributed by atoms with Gasteiger partial charge in [-0.05, 0) is 41.0 Å². The SMILES string of the molecule is CC(C)c1noc2ncc(C(=O)N3CCc4sccc4C3c3ccccc3)cc12. The van der Waals surface area contributed by atoms with Crippen molar-refractivity contribution in [1.82, 2.24) is 15.0 Å². The fourth-order valence-corrected chi connectivity index (χ4v) is 4.98. The number of nitrogens with zero attached hydrogens (tertiary/aromatic N) is 3. The Bertz CT molecular complexity index is 1180. The van der Waals surface area contributed by atoms with Crippen molar-refractivity contribution in [3.8, 4) is 0 Å². The molecule has 5 nitrogen and oxygen atoms in total. The second-order valence-electron chi connectivity index (χ2n) is 7.66. The predicted octanol–water partition coefficient (Wildman–Crippen LogP) is 5.20. The highest BCUT2D eigenvalue weighted by Crippen LogP contribution is 2.38. The molecule has 0 radical (unpaired) electrons. The molecule has 1 unspecified atom stereocenters. The maximum absolute atomic E-state index is 13.6. The predicted molar refractivity (Wildman–Crippen MR) is 113 cm³/mol. The van der Waals surface area contributed by atoms with Crippen LogP contribution in [-0.2, 0) is 6.42 Å².